The number of hydrogen-bond donors (Lipinski definition) is 2. The van der Waals surface area contributed by atoms with E-state index in [0.29, 0.717) is 6.54 Å². The number of guanidine groups is 1. The highest BCUT2D eigenvalue weighted by atomic mass is 127. The van der Waals surface area contributed by atoms with Gasteiger partial charge in [-0.25, -0.2) is 4.99 Å². The lowest BCUT2D eigenvalue weighted by atomic mass is 10.2. The summed E-state index contributed by atoms with van der Waals surface area (Å²) in [6.07, 6.45) is 0. The smallest absolute Gasteiger partial charge is 0.242 e. The van der Waals surface area contributed by atoms with Gasteiger partial charge in [0.2, 0.25) is 5.91 Å². The number of nitrogens with zero attached hydrogens (tertiary/aromatic N) is 3. The summed E-state index contributed by atoms with van der Waals surface area (Å²) in [6.45, 7) is 6.99. The van der Waals surface area contributed by atoms with Crippen molar-refractivity contribution in [2.24, 2.45) is 4.99 Å². The lowest BCUT2D eigenvalue weighted by molar-refractivity contribution is -0.119. The van der Waals surface area contributed by atoms with Crippen LogP contribution in [0.1, 0.15) is 12.5 Å². The van der Waals surface area contributed by atoms with Gasteiger partial charge in [0, 0.05) is 45.0 Å². The summed E-state index contributed by atoms with van der Waals surface area (Å²) in [5, 5.41) is 6.24. The molecule has 0 atom stereocenters. The van der Waals surface area contributed by atoms with Crippen LogP contribution in [0.15, 0.2) is 59.6 Å². The Morgan fingerprint density at radius 2 is 1.68 bits per heavy atom. The van der Waals surface area contributed by atoms with Crippen LogP contribution in [0.2, 0.25) is 0 Å². The van der Waals surface area contributed by atoms with E-state index in [4.69, 9.17) is 4.74 Å². The molecule has 1 aliphatic rings. The molecule has 2 N–H and O–H groups in total. The number of halogens is 1. The number of carbonyl (C=O) groups excluding carboxylic acids is 1. The molecule has 8 heteroatoms. The second-order valence-corrected chi connectivity index (χ2v) is 7.10. The van der Waals surface area contributed by atoms with Gasteiger partial charge in [-0.2, -0.15) is 0 Å². The highest BCUT2D eigenvalue weighted by Crippen LogP contribution is 2.15. The third kappa shape index (κ3) is 7.61. The average molecular weight is 537 g/mol. The summed E-state index contributed by atoms with van der Waals surface area (Å²) in [6, 6.07) is 18.1. The minimum atomic E-state index is -0.0934. The molecule has 0 spiro atoms. The maximum absolute atomic E-state index is 12.3. The summed E-state index contributed by atoms with van der Waals surface area (Å²) in [4.78, 5) is 21.4. The number of ether oxygens (including phenoxy) is 1. The van der Waals surface area contributed by atoms with E-state index in [-0.39, 0.29) is 36.4 Å². The van der Waals surface area contributed by atoms with Crippen molar-refractivity contribution in [2.75, 3.05) is 51.3 Å². The molecule has 0 aliphatic carbocycles. The molecule has 1 heterocycles. The van der Waals surface area contributed by atoms with Gasteiger partial charge in [-0.1, -0.05) is 30.3 Å². The van der Waals surface area contributed by atoms with Crippen LogP contribution in [0, 0.1) is 0 Å². The summed E-state index contributed by atoms with van der Waals surface area (Å²) < 4.78 is 5.15. The molecule has 0 unspecified atom stereocenters. The minimum Gasteiger partial charge on any atom is -0.497 e. The standard InChI is InChI=1S/C23H31N5O2.HI/c1-3-24-23(28-15-13-27(14-16-28)20-7-5-4-6-8-20)26-18-22(29)25-17-19-9-11-21(30-2)12-10-19;/h4-12H,3,13-18H2,1-2H3,(H,24,26)(H,25,29);1H. The maximum Gasteiger partial charge on any atom is 0.242 e. The van der Waals surface area contributed by atoms with Crippen LogP contribution in [0.25, 0.3) is 0 Å². The number of aliphatic imine (C=N–C) groups is 1. The van der Waals surface area contributed by atoms with Crippen LogP contribution >= 0.6 is 24.0 Å². The first-order chi connectivity index (χ1) is 14.7. The van der Waals surface area contributed by atoms with Crippen molar-refractivity contribution in [2.45, 2.75) is 13.5 Å². The zero-order valence-electron chi connectivity index (χ0n) is 18.2. The molecule has 31 heavy (non-hydrogen) atoms. The van der Waals surface area contributed by atoms with Gasteiger partial charge in [0.05, 0.1) is 7.11 Å². The number of piperazine rings is 1. The Balaban J connectivity index is 0.00000341. The number of methoxy groups -OCH3 is 1. The summed E-state index contributed by atoms with van der Waals surface area (Å²) in [5.74, 6) is 1.51. The van der Waals surface area contributed by atoms with Crippen LogP contribution < -0.4 is 20.3 Å². The second kappa shape index (κ2) is 13.0. The number of anilines is 1. The predicted octanol–water partition coefficient (Wildman–Crippen LogP) is 2.72. The maximum atomic E-state index is 12.3. The van der Waals surface area contributed by atoms with E-state index in [1.165, 1.54) is 5.69 Å². The van der Waals surface area contributed by atoms with Crippen molar-refractivity contribution in [3.05, 3.63) is 60.2 Å². The highest BCUT2D eigenvalue weighted by Gasteiger charge is 2.19. The largest absolute Gasteiger partial charge is 0.497 e. The molecule has 0 aromatic heterocycles. The monoisotopic (exact) mass is 537 g/mol. The lowest BCUT2D eigenvalue weighted by Crippen LogP contribution is -2.52. The fraction of sp³-hybridized carbons (Fsp3) is 0.391. The van der Waals surface area contributed by atoms with E-state index >= 15 is 0 Å². The second-order valence-electron chi connectivity index (χ2n) is 7.10. The molecule has 2 aromatic carbocycles. The molecule has 168 valence electrons. The van der Waals surface area contributed by atoms with Gasteiger partial charge in [0.25, 0.3) is 0 Å². The van der Waals surface area contributed by atoms with Gasteiger partial charge in [0.1, 0.15) is 12.3 Å². The third-order valence-corrected chi connectivity index (χ3v) is 5.06. The summed E-state index contributed by atoms with van der Waals surface area (Å²) >= 11 is 0. The number of benzene rings is 2. The topological polar surface area (TPSA) is 69.2 Å². The van der Waals surface area contributed by atoms with Crippen molar-refractivity contribution < 1.29 is 9.53 Å². The van der Waals surface area contributed by atoms with E-state index < -0.39 is 0 Å². The Labute approximate surface area is 201 Å². The van der Waals surface area contributed by atoms with E-state index in [9.17, 15) is 4.79 Å². The molecular formula is C23H32IN5O2. The molecule has 1 fully saturated rings. The van der Waals surface area contributed by atoms with Gasteiger partial charge < -0.3 is 25.2 Å². The van der Waals surface area contributed by atoms with Crippen LogP contribution in [0.3, 0.4) is 0 Å². The molecule has 7 nitrogen and oxygen atoms in total. The Morgan fingerprint density at radius 1 is 1.00 bits per heavy atom. The highest BCUT2D eigenvalue weighted by molar-refractivity contribution is 14.0. The van der Waals surface area contributed by atoms with Gasteiger partial charge in [-0.3, -0.25) is 4.79 Å². The van der Waals surface area contributed by atoms with Gasteiger partial charge in [0.15, 0.2) is 5.96 Å². The van der Waals surface area contributed by atoms with Crippen LogP contribution in [-0.2, 0) is 11.3 Å². The molecular weight excluding hydrogens is 505 g/mol. The number of amides is 1. The Morgan fingerprint density at radius 3 is 2.29 bits per heavy atom. The quantitative estimate of drug-likeness (QED) is 0.323. The molecule has 1 saturated heterocycles. The zero-order valence-corrected chi connectivity index (χ0v) is 20.5. The zero-order chi connectivity index (χ0) is 21.2. The van der Waals surface area contributed by atoms with Crippen LogP contribution in [-0.4, -0.2) is 63.1 Å². The molecule has 3 rings (SSSR count). The van der Waals surface area contributed by atoms with Crippen molar-refractivity contribution in [3.63, 3.8) is 0 Å². The van der Waals surface area contributed by atoms with E-state index in [1.54, 1.807) is 7.11 Å². The molecule has 0 bridgehead atoms. The molecule has 2 aromatic rings. The molecule has 1 amide bonds. The van der Waals surface area contributed by atoms with Gasteiger partial charge >= 0.3 is 0 Å². The van der Waals surface area contributed by atoms with Crippen molar-refractivity contribution in [1.82, 2.24) is 15.5 Å². The summed E-state index contributed by atoms with van der Waals surface area (Å²) in [5.41, 5.74) is 2.27. The number of para-hydroxylation sites is 1. The number of nitrogens with one attached hydrogen (secondary N) is 2. The average Bonchev–Trinajstić information content (AvgIpc) is 2.81. The Hall–Kier alpha value is -2.49. The normalized spacial score (nSPS) is 13.9. The lowest BCUT2D eigenvalue weighted by Gasteiger charge is -2.37. The fourth-order valence-corrected chi connectivity index (χ4v) is 3.39. The first-order valence-electron chi connectivity index (χ1n) is 10.4. The molecule has 1 aliphatic heterocycles. The van der Waals surface area contributed by atoms with Gasteiger partial charge in [-0.05, 0) is 36.8 Å². The van der Waals surface area contributed by atoms with Crippen molar-refractivity contribution in [1.29, 1.82) is 0 Å². The van der Waals surface area contributed by atoms with Gasteiger partial charge in [-0.15, -0.1) is 24.0 Å². The molecule has 0 saturated carbocycles. The summed E-state index contributed by atoms with van der Waals surface area (Å²) in [7, 11) is 1.64. The van der Waals surface area contributed by atoms with E-state index in [0.717, 1.165) is 50.0 Å². The van der Waals surface area contributed by atoms with E-state index in [1.807, 2.05) is 37.3 Å². The van der Waals surface area contributed by atoms with Crippen molar-refractivity contribution >= 4 is 41.5 Å². The number of carbonyl (C=O) groups is 1. The first kappa shape index (κ1) is 24.8. The van der Waals surface area contributed by atoms with E-state index in [2.05, 4.69) is 49.7 Å². The fourth-order valence-electron chi connectivity index (χ4n) is 3.39. The molecule has 0 radical (unpaired) electrons. The SMILES string of the molecule is CCNC(=NCC(=O)NCc1ccc(OC)cc1)N1CCN(c2ccccc2)CC1.I. The number of rotatable bonds is 7. The Kier molecular flexibility index (Phi) is 10.4. The van der Waals surface area contributed by atoms with Crippen molar-refractivity contribution in [3.8, 4) is 5.75 Å². The predicted molar refractivity (Wildman–Crippen MR) is 136 cm³/mol. The Bertz CT molecular complexity index is 822. The van der Waals surface area contributed by atoms with Crippen LogP contribution in [0.4, 0.5) is 5.69 Å². The van der Waals surface area contributed by atoms with Crippen LogP contribution in [0.5, 0.6) is 5.75 Å². The minimum absolute atomic E-state index is 0. The first-order valence-corrected chi connectivity index (χ1v) is 10.4. The number of hydrogen-bond acceptors (Lipinski definition) is 4. The third-order valence-electron chi connectivity index (χ3n) is 5.06.